The molecule has 6 heteroatoms. The van der Waals surface area contributed by atoms with Gasteiger partial charge >= 0.3 is 6.03 Å². The predicted octanol–water partition coefficient (Wildman–Crippen LogP) is 4.08. The summed E-state index contributed by atoms with van der Waals surface area (Å²) in [4.78, 5) is 27.1. The van der Waals surface area contributed by atoms with E-state index in [1.165, 1.54) is 0 Å². The lowest BCUT2D eigenvalue weighted by Crippen LogP contribution is -2.44. The van der Waals surface area contributed by atoms with Crippen LogP contribution in [0.1, 0.15) is 42.3 Å². The fourth-order valence-electron chi connectivity index (χ4n) is 3.99. The molecule has 1 aliphatic rings. The van der Waals surface area contributed by atoms with Crippen LogP contribution >= 0.6 is 0 Å². The molecule has 0 saturated carbocycles. The van der Waals surface area contributed by atoms with Crippen molar-refractivity contribution in [3.63, 3.8) is 0 Å². The Bertz CT molecular complexity index is 1030. The highest BCUT2D eigenvalue weighted by atomic mass is 16.3. The van der Waals surface area contributed by atoms with E-state index in [2.05, 4.69) is 10.6 Å². The van der Waals surface area contributed by atoms with Gasteiger partial charge in [-0.2, -0.15) is 0 Å². The van der Waals surface area contributed by atoms with E-state index in [4.69, 9.17) is 4.42 Å². The SMILES string of the molecule is Cc1c([C@@H](C)NC(=O)N2CCNC(=O)CC2c2ccccc2)oc2ccccc12. The topological polar surface area (TPSA) is 74.6 Å². The molecule has 1 aliphatic heterocycles. The molecule has 1 fully saturated rings. The van der Waals surface area contributed by atoms with Gasteiger partial charge < -0.3 is 20.0 Å². The number of benzene rings is 2. The molecule has 1 saturated heterocycles. The van der Waals surface area contributed by atoms with Gasteiger partial charge in [0.05, 0.1) is 18.5 Å². The van der Waals surface area contributed by atoms with Crippen LogP contribution in [0.3, 0.4) is 0 Å². The van der Waals surface area contributed by atoms with Gasteiger partial charge in [0.1, 0.15) is 11.3 Å². The van der Waals surface area contributed by atoms with Crippen molar-refractivity contribution >= 4 is 22.9 Å². The van der Waals surface area contributed by atoms with Gasteiger partial charge in [-0.3, -0.25) is 4.79 Å². The Hall–Kier alpha value is -3.28. The molecule has 2 atom stereocenters. The van der Waals surface area contributed by atoms with E-state index in [1.54, 1.807) is 4.90 Å². The van der Waals surface area contributed by atoms with Crippen molar-refractivity contribution in [2.75, 3.05) is 13.1 Å². The minimum atomic E-state index is -0.303. The highest BCUT2D eigenvalue weighted by Gasteiger charge is 2.31. The van der Waals surface area contributed by atoms with E-state index in [1.807, 2.05) is 68.4 Å². The van der Waals surface area contributed by atoms with E-state index in [-0.39, 0.29) is 30.4 Å². The van der Waals surface area contributed by atoms with Gasteiger partial charge in [0.2, 0.25) is 5.91 Å². The largest absolute Gasteiger partial charge is 0.459 e. The number of aryl methyl sites for hydroxylation is 1. The molecule has 150 valence electrons. The third-order valence-electron chi connectivity index (χ3n) is 5.49. The lowest BCUT2D eigenvalue weighted by Gasteiger charge is -2.30. The maximum Gasteiger partial charge on any atom is 0.318 e. The first kappa shape index (κ1) is 19.1. The van der Waals surface area contributed by atoms with Crippen LogP contribution in [0, 0.1) is 6.92 Å². The molecule has 0 spiro atoms. The van der Waals surface area contributed by atoms with E-state index in [0.29, 0.717) is 13.1 Å². The summed E-state index contributed by atoms with van der Waals surface area (Å²) in [5.41, 5.74) is 2.79. The summed E-state index contributed by atoms with van der Waals surface area (Å²) >= 11 is 0. The van der Waals surface area contributed by atoms with Crippen molar-refractivity contribution < 1.29 is 14.0 Å². The summed E-state index contributed by atoms with van der Waals surface area (Å²) in [6.45, 7) is 4.81. The van der Waals surface area contributed by atoms with Gasteiger partial charge in [-0.25, -0.2) is 4.79 Å². The maximum atomic E-state index is 13.2. The molecule has 0 aliphatic carbocycles. The molecular weight excluding hydrogens is 366 g/mol. The Morgan fingerprint density at radius 3 is 2.66 bits per heavy atom. The second-order valence-electron chi connectivity index (χ2n) is 7.43. The van der Waals surface area contributed by atoms with Crippen molar-refractivity contribution in [2.24, 2.45) is 0 Å². The van der Waals surface area contributed by atoms with Crippen LogP contribution in [0.4, 0.5) is 4.79 Å². The molecule has 3 aromatic rings. The Morgan fingerprint density at radius 1 is 1.17 bits per heavy atom. The Morgan fingerprint density at radius 2 is 1.90 bits per heavy atom. The van der Waals surface area contributed by atoms with Crippen LogP contribution in [-0.2, 0) is 4.79 Å². The van der Waals surface area contributed by atoms with Crippen molar-refractivity contribution in [3.8, 4) is 0 Å². The van der Waals surface area contributed by atoms with Crippen molar-refractivity contribution in [1.82, 2.24) is 15.5 Å². The number of nitrogens with zero attached hydrogens (tertiary/aromatic N) is 1. The fourth-order valence-corrected chi connectivity index (χ4v) is 3.99. The minimum absolute atomic E-state index is 0.0460. The summed E-state index contributed by atoms with van der Waals surface area (Å²) in [5.74, 6) is 0.704. The summed E-state index contributed by atoms with van der Waals surface area (Å²) in [6.07, 6.45) is 0.246. The number of carbonyl (C=O) groups excluding carboxylic acids is 2. The zero-order chi connectivity index (χ0) is 20.4. The van der Waals surface area contributed by atoms with Crippen LogP contribution in [0.2, 0.25) is 0 Å². The van der Waals surface area contributed by atoms with Crippen molar-refractivity contribution in [1.29, 1.82) is 0 Å². The van der Waals surface area contributed by atoms with Crippen LogP contribution < -0.4 is 10.6 Å². The molecule has 1 aromatic heterocycles. The molecule has 29 heavy (non-hydrogen) atoms. The second-order valence-corrected chi connectivity index (χ2v) is 7.43. The average Bonchev–Trinajstić information content (AvgIpc) is 2.94. The molecule has 4 rings (SSSR count). The number of para-hydroxylation sites is 1. The zero-order valence-corrected chi connectivity index (χ0v) is 16.6. The summed E-state index contributed by atoms with van der Waals surface area (Å²) in [5, 5.41) is 6.98. The summed E-state index contributed by atoms with van der Waals surface area (Å²) in [6, 6.07) is 16.7. The summed E-state index contributed by atoms with van der Waals surface area (Å²) < 4.78 is 6.00. The van der Waals surface area contributed by atoms with Crippen LogP contribution in [0.5, 0.6) is 0 Å². The third kappa shape index (κ3) is 3.83. The number of carbonyl (C=O) groups is 2. The normalized spacial score (nSPS) is 18.2. The molecule has 3 amide bonds. The van der Waals surface area contributed by atoms with E-state index >= 15 is 0 Å². The third-order valence-corrected chi connectivity index (χ3v) is 5.49. The molecule has 6 nitrogen and oxygen atoms in total. The van der Waals surface area contributed by atoms with E-state index < -0.39 is 0 Å². The van der Waals surface area contributed by atoms with Gasteiger partial charge in [-0.05, 0) is 25.5 Å². The maximum absolute atomic E-state index is 13.2. The number of hydrogen-bond acceptors (Lipinski definition) is 3. The molecule has 0 radical (unpaired) electrons. The molecule has 2 aromatic carbocycles. The smallest absolute Gasteiger partial charge is 0.318 e. The molecule has 1 unspecified atom stereocenters. The van der Waals surface area contributed by atoms with Crippen LogP contribution in [0.15, 0.2) is 59.0 Å². The first-order valence-electron chi connectivity index (χ1n) is 9.91. The first-order chi connectivity index (χ1) is 14.0. The highest BCUT2D eigenvalue weighted by Crippen LogP contribution is 2.30. The van der Waals surface area contributed by atoms with Gasteiger partial charge in [0.25, 0.3) is 0 Å². The first-order valence-corrected chi connectivity index (χ1v) is 9.91. The van der Waals surface area contributed by atoms with E-state index in [0.717, 1.165) is 27.9 Å². The lowest BCUT2D eigenvalue weighted by molar-refractivity contribution is -0.121. The molecule has 2 N–H and O–H groups in total. The van der Waals surface area contributed by atoms with Gasteiger partial charge in [0.15, 0.2) is 0 Å². The molecule has 2 heterocycles. The summed E-state index contributed by atoms with van der Waals surface area (Å²) in [7, 11) is 0. The highest BCUT2D eigenvalue weighted by molar-refractivity contribution is 5.83. The Kier molecular flexibility index (Phi) is 5.25. The zero-order valence-electron chi connectivity index (χ0n) is 16.6. The van der Waals surface area contributed by atoms with Crippen molar-refractivity contribution in [2.45, 2.75) is 32.4 Å². The number of rotatable bonds is 3. The lowest BCUT2D eigenvalue weighted by atomic mass is 10.0. The number of hydrogen-bond donors (Lipinski definition) is 2. The molecular formula is C23H25N3O3. The average molecular weight is 391 g/mol. The number of amides is 3. The van der Waals surface area contributed by atoms with Crippen molar-refractivity contribution in [3.05, 3.63) is 71.5 Å². The Balaban J connectivity index is 1.57. The van der Waals surface area contributed by atoms with E-state index in [9.17, 15) is 9.59 Å². The standard InChI is InChI=1S/C23H25N3O3/c1-15-18-10-6-7-11-20(18)29-22(15)16(2)25-23(28)26-13-12-24-21(27)14-19(26)17-8-4-3-5-9-17/h3-11,16,19H,12-14H2,1-2H3,(H,24,27)(H,25,28)/t16-,19?/m1/s1. The predicted molar refractivity (Wildman–Crippen MR) is 111 cm³/mol. The Labute approximate surface area is 169 Å². The van der Waals surface area contributed by atoms with Crippen LogP contribution in [0.25, 0.3) is 11.0 Å². The number of fused-ring (bicyclic) bond motifs is 1. The minimum Gasteiger partial charge on any atom is -0.459 e. The number of furan rings is 1. The number of urea groups is 1. The quantitative estimate of drug-likeness (QED) is 0.707. The van der Waals surface area contributed by atoms with Gasteiger partial charge in [0, 0.05) is 24.0 Å². The monoisotopic (exact) mass is 391 g/mol. The number of nitrogens with one attached hydrogen (secondary N) is 2. The van der Waals surface area contributed by atoms with Gasteiger partial charge in [-0.15, -0.1) is 0 Å². The second kappa shape index (κ2) is 7.99. The fraction of sp³-hybridized carbons (Fsp3) is 0.304. The van der Waals surface area contributed by atoms with Crippen LogP contribution in [-0.4, -0.2) is 29.9 Å². The molecule has 0 bridgehead atoms. The van der Waals surface area contributed by atoms with Gasteiger partial charge in [-0.1, -0.05) is 48.5 Å².